The molecule has 0 aliphatic carbocycles. The molecular formula is C14H11F4N3O2. The smallest absolute Gasteiger partial charge is 0.333 e. The van der Waals surface area contributed by atoms with Crippen LogP contribution in [0.2, 0.25) is 0 Å². The third-order valence-corrected chi connectivity index (χ3v) is 3.31. The summed E-state index contributed by atoms with van der Waals surface area (Å²) >= 11 is 0. The number of carbonyl (C=O) groups is 2. The molecule has 0 saturated carbocycles. The Morgan fingerprint density at radius 3 is 2.74 bits per heavy atom. The van der Waals surface area contributed by atoms with E-state index in [1.165, 1.54) is 6.07 Å². The van der Waals surface area contributed by atoms with Gasteiger partial charge in [0.2, 0.25) is 11.8 Å². The van der Waals surface area contributed by atoms with Gasteiger partial charge in [-0.1, -0.05) is 0 Å². The van der Waals surface area contributed by atoms with Gasteiger partial charge in [-0.05, 0) is 18.2 Å². The summed E-state index contributed by atoms with van der Waals surface area (Å²) in [7, 11) is 0. The van der Waals surface area contributed by atoms with Crippen LogP contribution in [0.25, 0.3) is 0 Å². The van der Waals surface area contributed by atoms with E-state index in [2.05, 4.69) is 5.32 Å². The Labute approximate surface area is 128 Å². The number of nitriles is 1. The highest BCUT2D eigenvalue weighted by Gasteiger charge is 2.40. The van der Waals surface area contributed by atoms with E-state index in [0.717, 1.165) is 12.1 Å². The zero-order valence-corrected chi connectivity index (χ0v) is 11.7. The molecule has 23 heavy (non-hydrogen) atoms. The number of benzene rings is 1. The molecule has 1 N–H and O–H groups in total. The lowest BCUT2D eigenvalue weighted by Gasteiger charge is -2.18. The van der Waals surface area contributed by atoms with Crippen molar-refractivity contribution in [3.8, 4) is 6.07 Å². The molecule has 0 aromatic heterocycles. The highest BCUT2D eigenvalue weighted by atomic mass is 19.4. The highest BCUT2D eigenvalue weighted by molar-refractivity contribution is 5.97. The van der Waals surface area contributed by atoms with Gasteiger partial charge in [-0.15, -0.1) is 0 Å². The summed E-state index contributed by atoms with van der Waals surface area (Å²) in [5.74, 6) is -3.09. The summed E-state index contributed by atoms with van der Waals surface area (Å²) in [5, 5.41) is 11.1. The monoisotopic (exact) mass is 329 g/mol. The molecule has 1 unspecified atom stereocenters. The van der Waals surface area contributed by atoms with Crippen LogP contribution in [-0.4, -0.2) is 36.0 Å². The maximum atomic E-state index is 13.2. The molecule has 1 aliphatic rings. The Hall–Kier alpha value is -2.63. The van der Waals surface area contributed by atoms with Crippen LogP contribution in [0.1, 0.15) is 12.0 Å². The van der Waals surface area contributed by atoms with Gasteiger partial charge < -0.3 is 10.2 Å². The van der Waals surface area contributed by atoms with Crippen LogP contribution in [-0.2, 0) is 9.59 Å². The van der Waals surface area contributed by atoms with Crippen molar-refractivity contribution in [3.63, 3.8) is 0 Å². The average Bonchev–Trinajstić information content (AvgIpc) is 2.80. The van der Waals surface area contributed by atoms with Gasteiger partial charge in [0.15, 0.2) is 0 Å². The third kappa shape index (κ3) is 4.18. The third-order valence-electron chi connectivity index (χ3n) is 3.31. The summed E-state index contributed by atoms with van der Waals surface area (Å²) in [6, 6.07) is 4.92. The van der Waals surface area contributed by atoms with E-state index in [0.29, 0.717) is 4.90 Å². The minimum absolute atomic E-state index is 0.134. The molecular weight excluding hydrogens is 318 g/mol. The van der Waals surface area contributed by atoms with Crippen molar-refractivity contribution in [2.45, 2.75) is 12.6 Å². The van der Waals surface area contributed by atoms with Crippen LogP contribution in [0, 0.1) is 23.1 Å². The normalized spacial score (nSPS) is 18.0. The predicted molar refractivity (Wildman–Crippen MR) is 70.5 cm³/mol. The number of anilines is 1. The van der Waals surface area contributed by atoms with E-state index >= 15 is 0 Å². The fourth-order valence-electron chi connectivity index (χ4n) is 2.25. The molecule has 1 aromatic carbocycles. The number of likely N-dealkylation sites (tertiary alicyclic amines) is 1. The number of hydrogen-bond donors (Lipinski definition) is 1. The largest absolute Gasteiger partial charge is 0.406 e. The maximum absolute atomic E-state index is 13.2. The number of hydrogen-bond acceptors (Lipinski definition) is 3. The Morgan fingerprint density at radius 1 is 1.43 bits per heavy atom. The minimum atomic E-state index is -4.53. The Bertz CT molecular complexity index is 682. The van der Waals surface area contributed by atoms with Crippen LogP contribution in [0.5, 0.6) is 0 Å². The van der Waals surface area contributed by atoms with Gasteiger partial charge >= 0.3 is 6.18 Å². The Kier molecular flexibility index (Phi) is 4.54. The van der Waals surface area contributed by atoms with E-state index in [-0.39, 0.29) is 24.2 Å². The van der Waals surface area contributed by atoms with Crippen LogP contribution in [0.3, 0.4) is 0 Å². The van der Waals surface area contributed by atoms with Gasteiger partial charge in [0.05, 0.1) is 11.5 Å². The summed E-state index contributed by atoms with van der Waals surface area (Å²) < 4.78 is 50.1. The van der Waals surface area contributed by atoms with Crippen molar-refractivity contribution in [2.75, 3.05) is 18.4 Å². The minimum Gasteiger partial charge on any atom is -0.333 e. The molecule has 122 valence electrons. The second-order valence-electron chi connectivity index (χ2n) is 5.09. The lowest BCUT2D eigenvalue weighted by Crippen LogP contribution is -2.36. The van der Waals surface area contributed by atoms with Gasteiger partial charge in [-0.3, -0.25) is 9.59 Å². The first-order valence-corrected chi connectivity index (χ1v) is 6.54. The lowest BCUT2D eigenvalue weighted by atomic mass is 10.1. The first-order chi connectivity index (χ1) is 10.7. The number of alkyl halides is 3. The van der Waals surface area contributed by atoms with Gasteiger partial charge in [-0.25, -0.2) is 4.39 Å². The lowest BCUT2D eigenvalue weighted by molar-refractivity contribution is -0.157. The van der Waals surface area contributed by atoms with Crippen molar-refractivity contribution in [1.29, 1.82) is 5.26 Å². The Balaban J connectivity index is 2.02. The zero-order valence-electron chi connectivity index (χ0n) is 11.7. The van der Waals surface area contributed by atoms with Crippen molar-refractivity contribution >= 4 is 17.5 Å². The Morgan fingerprint density at radius 2 is 2.13 bits per heavy atom. The zero-order chi connectivity index (χ0) is 17.2. The molecule has 1 heterocycles. The van der Waals surface area contributed by atoms with Crippen molar-refractivity contribution in [3.05, 3.63) is 29.6 Å². The van der Waals surface area contributed by atoms with Crippen LogP contribution in [0.15, 0.2) is 18.2 Å². The maximum Gasteiger partial charge on any atom is 0.406 e. The molecule has 5 nitrogen and oxygen atoms in total. The van der Waals surface area contributed by atoms with E-state index in [1.807, 2.05) is 0 Å². The number of rotatable bonds is 3. The first-order valence-electron chi connectivity index (χ1n) is 6.54. The number of nitrogens with zero attached hydrogens (tertiary/aromatic N) is 2. The summed E-state index contributed by atoms with van der Waals surface area (Å²) in [5.41, 5.74) is -0.140. The van der Waals surface area contributed by atoms with Gasteiger partial charge in [0.25, 0.3) is 0 Å². The van der Waals surface area contributed by atoms with Crippen LogP contribution >= 0.6 is 0 Å². The second kappa shape index (κ2) is 6.24. The van der Waals surface area contributed by atoms with E-state index < -0.39 is 36.3 Å². The van der Waals surface area contributed by atoms with Crippen LogP contribution in [0.4, 0.5) is 23.2 Å². The molecule has 1 aliphatic heterocycles. The second-order valence-corrected chi connectivity index (χ2v) is 5.09. The molecule has 1 aromatic rings. The average molecular weight is 329 g/mol. The van der Waals surface area contributed by atoms with Crippen LogP contribution < -0.4 is 5.32 Å². The molecule has 1 atom stereocenters. The van der Waals surface area contributed by atoms with Gasteiger partial charge in [0, 0.05) is 18.7 Å². The van der Waals surface area contributed by atoms with E-state index in [4.69, 9.17) is 5.26 Å². The molecule has 1 saturated heterocycles. The first kappa shape index (κ1) is 16.7. The number of halogens is 4. The van der Waals surface area contributed by atoms with Gasteiger partial charge in [0.1, 0.15) is 18.4 Å². The summed E-state index contributed by atoms with van der Waals surface area (Å²) in [6.45, 7) is -1.73. The number of nitrogens with one attached hydrogen (secondary N) is 1. The molecule has 1 fully saturated rings. The molecule has 2 rings (SSSR count). The van der Waals surface area contributed by atoms with Gasteiger partial charge in [-0.2, -0.15) is 18.4 Å². The fourth-order valence-corrected chi connectivity index (χ4v) is 2.25. The molecule has 0 radical (unpaired) electrons. The molecule has 9 heteroatoms. The number of carbonyl (C=O) groups excluding carboxylic acids is 2. The standard InChI is InChI=1S/C14H11F4N3O2/c15-11-2-1-10(3-8(11)5-19)20-13(23)9-4-12(22)21(6-9)7-14(16,17)18/h1-3,9H,4,6-7H2,(H,20,23). The topological polar surface area (TPSA) is 73.2 Å². The predicted octanol–water partition coefficient (Wildman–Crippen LogP) is 2.05. The van der Waals surface area contributed by atoms with Crippen molar-refractivity contribution in [2.24, 2.45) is 5.92 Å². The molecule has 0 spiro atoms. The summed E-state index contributed by atoms with van der Waals surface area (Å²) in [4.78, 5) is 24.1. The highest BCUT2D eigenvalue weighted by Crippen LogP contribution is 2.25. The van der Waals surface area contributed by atoms with E-state index in [1.54, 1.807) is 6.07 Å². The molecule has 0 bridgehead atoms. The van der Waals surface area contributed by atoms with Crippen molar-refractivity contribution < 1.29 is 27.2 Å². The number of amides is 2. The molecule has 2 amide bonds. The van der Waals surface area contributed by atoms with E-state index in [9.17, 15) is 27.2 Å². The quantitative estimate of drug-likeness (QED) is 0.863. The SMILES string of the molecule is N#Cc1cc(NC(=O)C2CC(=O)N(CC(F)(F)F)C2)ccc1F. The summed E-state index contributed by atoms with van der Waals surface area (Å²) in [6.07, 6.45) is -4.85. The van der Waals surface area contributed by atoms with Crippen molar-refractivity contribution in [1.82, 2.24) is 4.90 Å². The fraction of sp³-hybridized carbons (Fsp3) is 0.357.